The molecule has 0 bridgehead atoms. The molecule has 2 aromatic rings. The molecule has 5 nitrogen and oxygen atoms in total. The smallest absolute Gasteiger partial charge is 0.411 e. The van der Waals surface area contributed by atoms with Crippen LogP contribution in [0.15, 0.2) is 46.9 Å². The lowest BCUT2D eigenvalue weighted by molar-refractivity contribution is 0.0697. The van der Waals surface area contributed by atoms with Gasteiger partial charge in [-0.05, 0) is 33.6 Å². The van der Waals surface area contributed by atoms with Crippen molar-refractivity contribution in [2.45, 2.75) is 6.61 Å². The second-order valence-electron chi connectivity index (χ2n) is 4.28. The van der Waals surface area contributed by atoms with Gasteiger partial charge in [-0.2, -0.15) is 0 Å². The van der Waals surface area contributed by atoms with Gasteiger partial charge in [0.25, 0.3) is 0 Å². The molecule has 0 fully saturated rings. The Kier molecular flexibility index (Phi) is 5.41. The van der Waals surface area contributed by atoms with Gasteiger partial charge in [0.05, 0.1) is 20.7 Å². The second-order valence-corrected chi connectivity index (χ2v) is 5.48. The fourth-order valence-corrected chi connectivity index (χ4v) is 2.41. The largest absolute Gasteiger partial charge is 0.478 e. The maximum atomic E-state index is 11.8. The van der Waals surface area contributed by atoms with Gasteiger partial charge in [-0.25, -0.2) is 9.59 Å². The van der Waals surface area contributed by atoms with Crippen molar-refractivity contribution in [3.63, 3.8) is 0 Å². The molecule has 0 spiro atoms. The van der Waals surface area contributed by atoms with Gasteiger partial charge >= 0.3 is 12.1 Å². The van der Waals surface area contributed by atoms with E-state index in [4.69, 9.17) is 16.3 Å². The molecule has 0 aliphatic carbocycles. The first kappa shape index (κ1) is 16.3. The van der Waals surface area contributed by atoms with E-state index in [1.54, 1.807) is 0 Å². The van der Waals surface area contributed by atoms with Crippen molar-refractivity contribution in [3.8, 4) is 0 Å². The number of hydrogen-bond donors (Lipinski definition) is 2. The van der Waals surface area contributed by atoms with Crippen molar-refractivity contribution in [2.75, 3.05) is 5.32 Å². The third-order valence-electron chi connectivity index (χ3n) is 2.76. The molecule has 0 heterocycles. The average molecular weight is 385 g/mol. The number of benzene rings is 2. The Morgan fingerprint density at radius 1 is 1.18 bits per heavy atom. The number of carbonyl (C=O) groups is 2. The number of carbonyl (C=O) groups excluding carboxylic acids is 1. The molecule has 0 aromatic heterocycles. The molecule has 0 saturated carbocycles. The lowest BCUT2D eigenvalue weighted by Gasteiger charge is -2.11. The highest BCUT2D eigenvalue weighted by Gasteiger charge is 2.18. The van der Waals surface area contributed by atoms with E-state index < -0.39 is 12.1 Å². The van der Waals surface area contributed by atoms with E-state index in [1.165, 1.54) is 12.1 Å². The van der Waals surface area contributed by atoms with E-state index in [-0.39, 0.29) is 27.4 Å². The van der Waals surface area contributed by atoms with Gasteiger partial charge in [0, 0.05) is 0 Å². The minimum absolute atomic E-state index is 0.0871. The molecule has 114 valence electrons. The van der Waals surface area contributed by atoms with Crippen molar-refractivity contribution < 1.29 is 19.4 Å². The van der Waals surface area contributed by atoms with Crippen LogP contribution in [0, 0.1) is 0 Å². The van der Waals surface area contributed by atoms with Crippen LogP contribution in [0.5, 0.6) is 0 Å². The number of hydrogen-bond acceptors (Lipinski definition) is 3. The van der Waals surface area contributed by atoms with Crippen LogP contribution in [0.2, 0.25) is 5.02 Å². The van der Waals surface area contributed by atoms with Crippen LogP contribution in [-0.4, -0.2) is 17.2 Å². The molecule has 2 aromatic carbocycles. The lowest BCUT2D eigenvalue weighted by atomic mass is 10.2. The highest BCUT2D eigenvalue weighted by molar-refractivity contribution is 9.10. The zero-order valence-electron chi connectivity index (χ0n) is 11.2. The van der Waals surface area contributed by atoms with E-state index in [1.807, 2.05) is 30.3 Å². The van der Waals surface area contributed by atoms with Crippen molar-refractivity contribution in [1.29, 1.82) is 0 Å². The summed E-state index contributed by atoms with van der Waals surface area (Å²) in [5, 5.41) is 11.8. The fraction of sp³-hybridized carbons (Fsp3) is 0.0667. The van der Waals surface area contributed by atoms with Crippen molar-refractivity contribution in [2.24, 2.45) is 0 Å². The number of amides is 1. The Balaban J connectivity index is 2.09. The molecular formula is C15H11BrClNO4. The van der Waals surface area contributed by atoms with Gasteiger partial charge in [-0.1, -0.05) is 41.9 Å². The van der Waals surface area contributed by atoms with Crippen molar-refractivity contribution >= 4 is 45.3 Å². The van der Waals surface area contributed by atoms with Gasteiger partial charge in [0.15, 0.2) is 0 Å². The summed E-state index contributed by atoms with van der Waals surface area (Å²) in [5.74, 6) is -1.22. The number of ether oxygens (including phenoxy) is 1. The molecule has 2 N–H and O–H groups in total. The minimum atomic E-state index is -1.22. The zero-order chi connectivity index (χ0) is 16.1. The highest BCUT2D eigenvalue weighted by Crippen LogP contribution is 2.32. The predicted octanol–water partition coefficient (Wildman–Crippen LogP) is 4.55. The SMILES string of the molecule is O=C(Nc1ccc(Cl)c(Br)c1C(=O)O)OCc1ccccc1. The maximum absolute atomic E-state index is 11.8. The molecular weight excluding hydrogens is 374 g/mol. The van der Waals surface area contributed by atoms with E-state index in [0.29, 0.717) is 0 Å². The van der Waals surface area contributed by atoms with Crippen molar-refractivity contribution in [1.82, 2.24) is 0 Å². The molecule has 0 aliphatic heterocycles. The summed E-state index contributed by atoms with van der Waals surface area (Å²) in [6.07, 6.45) is -0.749. The Morgan fingerprint density at radius 2 is 1.86 bits per heavy atom. The average Bonchev–Trinajstić information content (AvgIpc) is 2.50. The van der Waals surface area contributed by atoms with Crippen LogP contribution in [0.3, 0.4) is 0 Å². The predicted molar refractivity (Wildman–Crippen MR) is 86.4 cm³/mol. The maximum Gasteiger partial charge on any atom is 0.411 e. The first-order valence-corrected chi connectivity index (χ1v) is 7.35. The summed E-state index contributed by atoms with van der Waals surface area (Å²) in [7, 11) is 0. The van der Waals surface area contributed by atoms with Crippen LogP contribution in [0.4, 0.5) is 10.5 Å². The number of carboxylic acids is 1. The summed E-state index contributed by atoms with van der Waals surface area (Å²) in [4.78, 5) is 23.1. The molecule has 0 saturated heterocycles. The lowest BCUT2D eigenvalue weighted by Crippen LogP contribution is -2.16. The number of anilines is 1. The molecule has 0 unspecified atom stereocenters. The number of halogens is 2. The monoisotopic (exact) mass is 383 g/mol. The third-order valence-corrected chi connectivity index (χ3v) is 4.13. The first-order valence-electron chi connectivity index (χ1n) is 6.18. The quantitative estimate of drug-likeness (QED) is 0.811. The van der Waals surface area contributed by atoms with Gasteiger partial charge < -0.3 is 9.84 Å². The summed E-state index contributed by atoms with van der Waals surface area (Å²) < 4.78 is 5.24. The highest BCUT2D eigenvalue weighted by atomic mass is 79.9. The normalized spacial score (nSPS) is 10.1. The van der Waals surface area contributed by atoms with E-state index in [9.17, 15) is 14.7 Å². The van der Waals surface area contributed by atoms with E-state index >= 15 is 0 Å². The molecule has 1 amide bonds. The summed E-state index contributed by atoms with van der Waals surface area (Å²) in [6, 6.07) is 12.0. The minimum Gasteiger partial charge on any atom is -0.478 e. The van der Waals surface area contributed by atoms with Crippen LogP contribution >= 0.6 is 27.5 Å². The zero-order valence-corrected chi connectivity index (χ0v) is 13.5. The fourth-order valence-electron chi connectivity index (χ4n) is 1.73. The Hall–Kier alpha value is -2.05. The molecule has 0 atom stereocenters. The number of carboxylic acid groups (broad SMARTS) is 1. The molecule has 2 rings (SSSR count). The summed E-state index contributed by atoms with van der Waals surface area (Å²) >= 11 is 8.95. The Morgan fingerprint density at radius 3 is 2.50 bits per heavy atom. The van der Waals surface area contributed by atoms with Crippen LogP contribution in [0.25, 0.3) is 0 Å². The molecule has 0 aliphatic rings. The third kappa shape index (κ3) is 3.99. The topological polar surface area (TPSA) is 75.6 Å². The molecule has 0 radical (unpaired) electrons. The van der Waals surface area contributed by atoms with Gasteiger partial charge in [0.2, 0.25) is 0 Å². The number of aromatic carboxylic acids is 1. The number of nitrogens with one attached hydrogen (secondary N) is 1. The van der Waals surface area contributed by atoms with E-state index in [2.05, 4.69) is 21.2 Å². The summed E-state index contributed by atoms with van der Waals surface area (Å²) in [5.41, 5.74) is 0.791. The van der Waals surface area contributed by atoms with Crippen LogP contribution in [-0.2, 0) is 11.3 Å². The first-order chi connectivity index (χ1) is 10.5. The van der Waals surface area contributed by atoms with Crippen molar-refractivity contribution in [3.05, 3.63) is 63.1 Å². The standard InChI is InChI=1S/C15H11BrClNO4/c16-13-10(17)6-7-11(12(13)14(19)20)18-15(21)22-8-9-4-2-1-3-5-9/h1-7H,8H2,(H,18,21)(H,19,20). The second kappa shape index (κ2) is 7.29. The Bertz CT molecular complexity index is 706. The van der Waals surface area contributed by atoms with Crippen LogP contribution < -0.4 is 5.32 Å². The van der Waals surface area contributed by atoms with Crippen LogP contribution in [0.1, 0.15) is 15.9 Å². The van der Waals surface area contributed by atoms with Gasteiger partial charge in [0.1, 0.15) is 6.61 Å². The molecule has 22 heavy (non-hydrogen) atoms. The Labute approximate surface area is 140 Å². The van der Waals surface area contributed by atoms with Gasteiger partial charge in [-0.3, -0.25) is 5.32 Å². The van der Waals surface area contributed by atoms with E-state index in [0.717, 1.165) is 5.56 Å². The number of rotatable bonds is 4. The molecule has 7 heteroatoms. The van der Waals surface area contributed by atoms with Gasteiger partial charge in [-0.15, -0.1) is 0 Å². The summed E-state index contributed by atoms with van der Waals surface area (Å²) in [6.45, 7) is 0.0871.